The summed E-state index contributed by atoms with van der Waals surface area (Å²) in [5.74, 6) is 1.56. The second-order valence-corrected chi connectivity index (χ2v) is 8.98. The molecule has 1 saturated heterocycles. The molecule has 2 heterocycles. The van der Waals surface area contributed by atoms with Crippen LogP contribution >= 0.6 is 11.3 Å². The van der Waals surface area contributed by atoms with Gasteiger partial charge in [0.1, 0.15) is 0 Å². The third-order valence-corrected chi connectivity index (χ3v) is 7.06. The fourth-order valence-corrected chi connectivity index (χ4v) is 4.95. The van der Waals surface area contributed by atoms with Gasteiger partial charge in [-0.15, -0.1) is 11.3 Å². The van der Waals surface area contributed by atoms with Gasteiger partial charge >= 0.3 is 0 Å². The van der Waals surface area contributed by atoms with Gasteiger partial charge in [0.15, 0.2) is 5.96 Å². The Kier molecular flexibility index (Phi) is 8.15. The van der Waals surface area contributed by atoms with Crippen LogP contribution < -0.4 is 10.6 Å². The lowest BCUT2D eigenvalue weighted by Crippen LogP contribution is -2.51. The lowest BCUT2D eigenvalue weighted by molar-refractivity contribution is -0.137. The Hall–Kier alpha value is -1.60. The first-order valence-corrected chi connectivity index (χ1v) is 11.5. The maximum atomic E-state index is 12.5. The van der Waals surface area contributed by atoms with Gasteiger partial charge in [-0.05, 0) is 31.4 Å². The molecule has 0 unspecified atom stereocenters. The van der Waals surface area contributed by atoms with E-state index < -0.39 is 0 Å². The van der Waals surface area contributed by atoms with Crippen LogP contribution in [0.15, 0.2) is 17.1 Å². The fourth-order valence-electron chi connectivity index (χ4n) is 4.05. The Morgan fingerprint density at radius 2 is 1.86 bits per heavy atom. The highest BCUT2D eigenvalue weighted by molar-refractivity contribution is 7.11. The molecule has 7 heteroatoms. The molecule has 2 N–H and O–H groups in total. The molecular formula is C21H35N5OS. The second-order valence-electron chi connectivity index (χ2n) is 7.72. The first-order valence-electron chi connectivity index (χ1n) is 10.7. The van der Waals surface area contributed by atoms with Crippen LogP contribution in [0.2, 0.25) is 0 Å². The SMILES string of the molecule is CCc1ccc(CNC(=NC)NCCN2CCN(C(=O)C3CCCC3)CC2)s1. The van der Waals surface area contributed by atoms with Gasteiger partial charge < -0.3 is 15.5 Å². The van der Waals surface area contributed by atoms with E-state index >= 15 is 0 Å². The summed E-state index contributed by atoms with van der Waals surface area (Å²) in [6.45, 7) is 8.54. The zero-order chi connectivity index (χ0) is 19.8. The van der Waals surface area contributed by atoms with E-state index in [-0.39, 0.29) is 0 Å². The van der Waals surface area contributed by atoms with Crippen molar-refractivity contribution >= 4 is 23.2 Å². The molecule has 2 fully saturated rings. The van der Waals surface area contributed by atoms with Crippen LogP contribution in [-0.4, -0.2) is 68.0 Å². The van der Waals surface area contributed by atoms with E-state index in [9.17, 15) is 4.79 Å². The number of guanidine groups is 1. The van der Waals surface area contributed by atoms with Gasteiger partial charge in [0.2, 0.25) is 5.91 Å². The average molecular weight is 406 g/mol. The van der Waals surface area contributed by atoms with E-state index in [0.29, 0.717) is 11.8 Å². The normalized spacial score (nSPS) is 19.2. The molecule has 0 bridgehead atoms. The van der Waals surface area contributed by atoms with E-state index in [1.54, 1.807) is 0 Å². The standard InChI is InChI=1S/C21H35N5OS/c1-3-18-8-9-19(28-18)16-24-21(22-2)23-10-11-25-12-14-26(15-13-25)20(27)17-6-4-5-7-17/h8-9,17H,3-7,10-16H2,1-2H3,(H2,22,23,24). The van der Waals surface area contributed by atoms with Gasteiger partial charge in [0, 0.05) is 62.0 Å². The molecule has 28 heavy (non-hydrogen) atoms. The number of carbonyl (C=O) groups excluding carboxylic acids is 1. The van der Waals surface area contributed by atoms with Crippen LogP contribution in [-0.2, 0) is 17.8 Å². The molecule has 1 aromatic rings. The molecule has 1 amide bonds. The summed E-state index contributed by atoms with van der Waals surface area (Å²) in [4.78, 5) is 24.1. The zero-order valence-electron chi connectivity index (χ0n) is 17.4. The number of nitrogens with one attached hydrogen (secondary N) is 2. The summed E-state index contributed by atoms with van der Waals surface area (Å²) in [5, 5.41) is 6.80. The maximum absolute atomic E-state index is 12.5. The Balaban J connectivity index is 1.31. The molecule has 0 spiro atoms. The zero-order valence-corrected chi connectivity index (χ0v) is 18.2. The van der Waals surface area contributed by atoms with Crippen molar-refractivity contribution in [2.75, 3.05) is 46.3 Å². The number of aliphatic imine (C=N–C) groups is 1. The van der Waals surface area contributed by atoms with Crippen LogP contribution in [0.5, 0.6) is 0 Å². The number of hydrogen-bond donors (Lipinski definition) is 2. The van der Waals surface area contributed by atoms with E-state index in [0.717, 1.165) is 71.0 Å². The lowest BCUT2D eigenvalue weighted by Gasteiger charge is -2.36. The van der Waals surface area contributed by atoms with E-state index in [1.807, 2.05) is 18.4 Å². The number of carbonyl (C=O) groups is 1. The van der Waals surface area contributed by atoms with Gasteiger partial charge in [0.25, 0.3) is 0 Å². The molecule has 156 valence electrons. The van der Waals surface area contributed by atoms with Gasteiger partial charge in [0.05, 0.1) is 6.54 Å². The fraction of sp³-hybridized carbons (Fsp3) is 0.714. The van der Waals surface area contributed by atoms with Crippen molar-refractivity contribution in [1.29, 1.82) is 0 Å². The Morgan fingerprint density at radius 1 is 1.14 bits per heavy atom. The molecule has 2 aliphatic rings. The van der Waals surface area contributed by atoms with Crippen LogP contribution in [0.3, 0.4) is 0 Å². The summed E-state index contributed by atoms with van der Waals surface area (Å²) >= 11 is 1.86. The smallest absolute Gasteiger partial charge is 0.225 e. The van der Waals surface area contributed by atoms with E-state index in [2.05, 4.69) is 44.5 Å². The van der Waals surface area contributed by atoms with Crippen molar-refractivity contribution in [3.8, 4) is 0 Å². The van der Waals surface area contributed by atoms with Crippen molar-refractivity contribution in [2.24, 2.45) is 10.9 Å². The summed E-state index contributed by atoms with van der Waals surface area (Å²) in [5.41, 5.74) is 0. The summed E-state index contributed by atoms with van der Waals surface area (Å²) in [6, 6.07) is 4.39. The minimum atomic E-state index is 0.305. The highest BCUT2D eigenvalue weighted by Gasteiger charge is 2.29. The largest absolute Gasteiger partial charge is 0.355 e. The molecule has 6 nitrogen and oxygen atoms in total. The van der Waals surface area contributed by atoms with Crippen LogP contribution in [0.25, 0.3) is 0 Å². The number of rotatable bonds is 7. The number of piperazine rings is 1. The minimum Gasteiger partial charge on any atom is -0.355 e. The predicted octanol–water partition coefficient (Wildman–Crippen LogP) is 2.31. The summed E-state index contributed by atoms with van der Waals surface area (Å²) in [7, 11) is 1.81. The molecule has 0 radical (unpaired) electrons. The Labute approximate surface area is 173 Å². The highest BCUT2D eigenvalue weighted by atomic mass is 32.1. The quantitative estimate of drug-likeness (QED) is 0.540. The first kappa shape index (κ1) is 21.1. The monoisotopic (exact) mass is 405 g/mol. The van der Waals surface area contributed by atoms with Crippen molar-refractivity contribution in [3.63, 3.8) is 0 Å². The van der Waals surface area contributed by atoms with Crippen molar-refractivity contribution < 1.29 is 4.79 Å². The molecule has 0 atom stereocenters. The second kappa shape index (κ2) is 10.8. The van der Waals surface area contributed by atoms with Crippen LogP contribution in [0.4, 0.5) is 0 Å². The van der Waals surface area contributed by atoms with Crippen LogP contribution in [0, 0.1) is 5.92 Å². The minimum absolute atomic E-state index is 0.305. The van der Waals surface area contributed by atoms with Crippen molar-refractivity contribution in [3.05, 3.63) is 21.9 Å². The first-order chi connectivity index (χ1) is 13.7. The summed E-state index contributed by atoms with van der Waals surface area (Å²) in [6.07, 6.45) is 5.74. The van der Waals surface area contributed by atoms with Gasteiger partial charge in [-0.25, -0.2) is 0 Å². The maximum Gasteiger partial charge on any atom is 0.225 e. The number of thiophene rings is 1. The molecule has 0 aromatic carbocycles. The topological polar surface area (TPSA) is 60.0 Å². The number of nitrogens with zero attached hydrogens (tertiary/aromatic N) is 3. The molecule has 1 saturated carbocycles. The van der Waals surface area contributed by atoms with Gasteiger partial charge in [-0.3, -0.25) is 14.7 Å². The number of hydrogen-bond acceptors (Lipinski definition) is 4. The van der Waals surface area contributed by atoms with Gasteiger partial charge in [-0.1, -0.05) is 19.8 Å². The third kappa shape index (κ3) is 5.95. The molecule has 3 rings (SSSR count). The van der Waals surface area contributed by atoms with Crippen LogP contribution in [0.1, 0.15) is 42.4 Å². The van der Waals surface area contributed by atoms with E-state index in [1.165, 1.54) is 22.6 Å². The summed E-state index contributed by atoms with van der Waals surface area (Å²) < 4.78 is 0. The third-order valence-electron chi connectivity index (χ3n) is 5.83. The Morgan fingerprint density at radius 3 is 2.50 bits per heavy atom. The molecule has 1 aliphatic carbocycles. The van der Waals surface area contributed by atoms with E-state index in [4.69, 9.17) is 0 Å². The predicted molar refractivity (Wildman–Crippen MR) is 117 cm³/mol. The lowest BCUT2D eigenvalue weighted by atomic mass is 10.1. The van der Waals surface area contributed by atoms with Crippen molar-refractivity contribution in [2.45, 2.75) is 45.6 Å². The molecule has 1 aliphatic heterocycles. The molecule has 1 aromatic heterocycles. The Bertz CT molecular complexity index is 645. The highest BCUT2D eigenvalue weighted by Crippen LogP contribution is 2.26. The van der Waals surface area contributed by atoms with Crippen molar-refractivity contribution in [1.82, 2.24) is 20.4 Å². The molecular weight excluding hydrogens is 370 g/mol. The number of aryl methyl sites for hydroxylation is 1. The number of amides is 1. The van der Waals surface area contributed by atoms with Gasteiger partial charge in [-0.2, -0.15) is 0 Å². The average Bonchev–Trinajstić information content (AvgIpc) is 3.42.